The van der Waals surface area contributed by atoms with Gasteiger partial charge in [-0.3, -0.25) is 25.0 Å². The van der Waals surface area contributed by atoms with E-state index in [-0.39, 0.29) is 28.1 Å². The van der Waals surface area contributed by atoms with Crippen LogP contribution in [0.5, 0.6) is 0 Å². The number of nitro groups is 1. The number of aromatic nitrogens is 3. The minimum absolute atomic E-state index is 0.0396. The summed E-state index contributed by atoms with van der Waals surface area (Å²) in [7, 11) is 0. The zero-order valence-electron chi connectivity index (χ0n) is 17.2. The quantitative estimate of drug-likeness (QED) is 0.435. The number of benzene rings is 1. The van der Waals surface area contributed by atoms with Gasteiger partial charge < -0.3 is 10.2 Å². The second-order valence-corrected chi connectivity index (χ2v) is 8.04. The average molecular weight is 450 g/mol. The molecule has 31 heavy (non-hydrogen) atoms. The van der Waals surface area contributed by atoms with Crippen LogP contribution in [-0.4, -0.2) is 51.1 Å². The Morgan fingerprint density at radius 3 is 2.58 bits per heavy atom. The van der Waals surface area contributed by atoms with Gasteiger partial charge >= 0.3 is 0 Å². The molecular weight excluding hydrogens is 426 g/mol. The van der Waals surface area contributed by atoms with Gasteiger partial charge in [0.15, 0.2) is 0 Å². The number of nitro benzene ring substituents is 1. The standard InChI is InChI=1S/C19H24ClN7O4/c1-11(2)15(21-16(28)13-7-6-12(27(30)31)10-14(13)20)17(29)22-18-23-19(25-24-18)26-8-4-3-5-9-26/h6-7,10-11,15H,3-5,8-9H2,1-2H3,(H,21,28)(H2,22,23,24,25,29). The SMILES string of the molecule is CC(C)C(NC(=O)c1ccc([N+](=O)[O-])cc1Cl)C(=O)Nc1nc(N2CCCCC2)n[nH]1. The van der Waals surface area contributed by atoms with Crippen LogP contribution in [0.4, 0.5) is 17.6 Å². The largest absolute Gasteiger partial charge is 0.340 e. The minimum atomic E-state index is -0.887. The van der Waals surface area contributed by atoms with Gasteiger partial charge in [0, 0.05) is 25.2 Å². The second-order valence-electron chi connectivity index (χ2n) is 7.64. The molecule has 2 amide bonds. The van der Waals surface area contributed by atoms with Gasteiger partial charge in [-0.2, -0.15) is 4.98 Å². The highest BCUT2D eigenvalue weighted by Gasteiger charge is 2.27. The van der Waals surface area contributed by atoms with Crippen molar-refractivity contribution in [1.29, 1.82) is 0 Å². The molecule has 0 aliphatic carbocycles. The van der Waals surface area contributed by atoms with Gasteiger partial charge in [0.1, 0.15) is 6.04 Å². The molecule has 0 bridgehead atoms. The maximum absolute atomic E-state index is 12.8. The minimum Gasteiger partial charge on any atom is -0.340 e. The van der Waals surface area contributed by atoms with E-state index < -0.39 is 22.8 Å². The van der Waals surface area contributed by atoms with Crippen molar-refractivity contribution in [3.8, 4) is 0 Å². The van der Waals surface area contributed by atoms with E-state index in [1.165, 1.54) is 18.6 Å². The van der Waals surface area contributed by atoms with Crippen LogP contribution < -0.4 is 15.5 Å². The van der Waals surface area contributed by atoms with Crippen LogP contribution in [0, 0.1) is 16.0 Å². The third-order valence-corrected chi connectivity index (χ3v) is 5.31. The van der Waals surface area contributed by atoms with E-state index in [1.807, 2.05) is 4.90 Å². The van der Waals surface area contributed by atoms with Crippen LogP contribution in [-0.2, 0) is 4.79 Å². The van der Waals surface area contributed by atoms with Crippen LogP contribution in [0.3, 0.4) is 0 Å². The van der Waals surface area contributed by atoms with Crippen LogP contribution in [0.2, 0.25) is 5.02 Å². The molecule has 1 unspecified atom stereocenters. The molecule has 3 N–H and O–H groups in total. The predicted molar refractivity (Wildman–Crippen MR) is 115 cm³/mol. The average Bonchev–Trinajstić information content (AvgIpc) is 3.20. The van der Waals surface area contributed by atoms with Gasteiger partial charge in [0.25, 0.3) is 11.6 Å². The molecule has 2 heterocycles. The lowest BCUT2D eigenvalue weighted by Gasteiger charge is -2.24. The van der Waals surface area contributed by atoms with Gasteiger partial charge in [0.2, 0.25) is 17.8 Å². The number of carbonyl (C=O) groups excluding carboxylic acids is 2. The lowest BCUT2D eigenvalue weighted by molar-refractivity contribution is -0.384. The molecule has 1 aromatic heterocycles. The Labute approximate surface area is 183 Å². The number of nitrogens with one attached hydrogen (secondary N) is 3. The number of nitrogens with zero attached hydrogens (tertiary/aromatic N) is 4. The summed E-state index contributed by atoms with van der Waals surface area (Å²) in [5.74, 6) is -0.607. The molecule has 1 fully saturated rings. The first-order valence-corrected chi connectivity index (χ1v) is 10.4. The maximum atomic E-state index is 12.8. The number of amides is 2. The number of piperidine rings is 1. The molecule has 1 aliphatic heterocycles. The number of aromatic amines is 1. The van der Waals surface area contributed by atoms with Crippen molar-refractivity contribution in [1.82, 2.24) is 20.5 Å². The van der Waals surface area contributed by atoms with Crippen molar-refractivity contribution < 1.29 is 14.5 Å². The van der Waals surface area contributed by atoms with Gasteiger partial charge in [0.05, 0.1) is 15.5 Å². The van der Waals surface area contributed by atoms with Crippen molar-refractivity contribution in [2.75, 3.05) is 23.3 Å². The molecule has 0 spiro atoms. The smallest absolute Gasteiger partial charge is 0.270 e. The van der Waals surface area contributed by atoms with Crippen molar-refractivity contribution in [3.63, 3.8) is 0 Å². The predicted octanol–water partition coefficient (Wildman–Crippen LogP) is 2.75. The molecule has 0 radical (unpaired) electrons. The third-order valence-electron chi connectivity index (χ3n) is 5.00. The van der Waals surface area contributed by atoms with Crippen LogP contribution in [0.15, 0.2) is 18.2 Å². The Kier molecular flexibility index (Phi) is 7.06. The molecule has 2 aromatic rings. The third kappa shape index (κ3) is 5.48. The summed E-state index contributed by atoms with van der Waals surface area (Å²) in [6, 6.07) is 2.65. The van der Waals surface area contributed by atoms with Gasteiger partial charge in [-0.05, 0) is 31.2 Å². The Morgan fingerprint density at radius 2 is 1.97 bits per heavy atom. The topological polar surface area (TPSA) is 146 Å². The summed E-state index contributed by atoms with van der Waals surface area (Å²) in [5.41, 5.74) is -0.188. The summed E-state index contributed by atoms with van der Waals surface area (Å²) >= 11 is 6.02. The molecule has 1 atom stereocenters. The Morgan fingerprint density at radius 1 is 1.26 bits per heavy atom. The number of anilines is 2. The zero-order valence-corrected chi connectivity index (χ0v) is 18.0. The van der Waals surface area contributed by atoms with Gasteiger partial charge in [-0.25, -0.2) is 5.10 Å². The summed E-state index contributed by atoms with van der Waals surface area (Å²) in [5, 5.41) is 22.9. The summed E-state index contributed by atoms with van der Waals surface area (Å²) < 4.78 is 0. The molecule has 3 rings (SSSR count). The fourth-order valence-electron chi connectivity index (χ4n) is 3.29. The molecule has 12 heteroatoms. The van der Waals surface area contributed by atoms with E-state index in [1.54, 1.807) is 13.8 Å². The zero-order chi connectivity index (χ0) is 22.5. The number of hydrogen-bond acceptors (Lipinski definition) is 7. The molecule has 1 aliphatic rings. The van der Waals surface area contributed by atoms with Crippen LogP contribution in [0.1, 0.15) is 43.5 Å². The van der Waals surface area contributed by atoms with E-state index in [0.717, 1.165) is 32.0 Å². The van der Waals surface area contributed by atoms with E-state index in [9.17, 15) is 19.7 Å². The summed E-state index contributed by atoms with van der Waals surface area (Å²) in [6.07, 6.45) is 3.32. The molecule has 166 valence electrons. The fraction of sp³-hybridized carbons (Fsp3) is 0.474. The first kappa shape index (κ1) is 22.5. The lowest BCUT2D eigenvalue weighted by atomic mass is 10.0. The first-order valence-electron chi connectivity index (χ1n) is 9.99. The van der Waals surface area contributed by atoms with E-state index >= 15 is 0 Å². The normalized spacial score (nSPS) is 14.9. The van der Waals surface area contributed by atoms with Crippen molar-refractivity contribution in [2.45, 2.75) is 39.2 Å². The number of rotatable bonds is 7. The van der Waals surface area contributed by atoms with Crippen molar-refractivity contribution in [2.24, 2.45) is 5.92 Å². The summed E-state index contributed by atoms with van der Waals surface area (Å²) in [6.45, 7) is 5.29. The number of non-ortho nitro benzene ring substituents is 1. The highest BCUT2D eigenvalue weighted by atomic mass is 35.5. The van der Waals surface area contributed by atoms with E-state index in [0.29, 0.717) is 5.95 Å². The van der Waals surface area contributed by atoms with Crippen LogP contribution in [0.25, 0.3) is 0 Å². The molecule has 11 nitrogen and oxygen atoms in total. The lowest BCUT2D eigenvalue weighted by Crippen LogP contribution is -2.47. The van der Waals surface area contributed by atoms with Crippen molar-refractivity contribution >= 4 is 41.0 Å². The first-order chi connectivity index (χ1) is 14.8. The highest BCUT2D eigenvalue weighted by molar-refractivity contribution is 6.34. The van der Waals surface area contributed by atoms with E-state index in [2.05, 4.69) is 25.8 Å². The second kappa shape index (κ2) is 9.73. The Balaban J connectivity index is 1.67. The molecule has 0 saturated carbocycles. The number of halogens is 1. The summed E-state index contributed by atoms with van der Waals surface area (Å²) in [4.78, 5) is 42.0. The maximum Gasteiger partial charge on any atom is 0.270 e. The van der Waals surface area contributed by atoms with Gasteiger partial charge in [-0.15, -0.1) is 5.10 Å². The molecular formula is C19H24ClN7O4. The van der Waals surface area contributed by atoms with Crippen LogP contribution >= 0.6 is 11.6 Å². The fourth-order valence-corrected chi connectivity index (χ4v) is 3.55. The number of H-pyrrole nitrogens is 1. The monoisotopic (exact) mass is 449 g/mol. The van der Waals surface area contributed by atoms with Crippen molar-refractivity contribution in [3.05, 3.63) is 38.9 Å². The van der Waals surface area contributed by atoms with E-state index in [4.69, 9.17) is 11.6 Å². The molecule has 1 aromatic carbocycles. The Bertz CT molecular complexity index is 972. The highest BCUT2D eigenvalue weighted by Crippen LogP contribution is 2.23. The molecule has 1 saturated heterocycles. The van der Waals surface area contributed by atoms with Gasteiger partial charge in [-0.1, -0.05) is 25.4 Å². The number of hydrogen-bond donors (Lipinski definition) is 3. The number of carbonyl (C=O) groups is 2. The Hall–Kier alpha value is -3.21.